The Morgan fingerprint density at radius 1 is 1.33 bits per heavy atom. The van der Waals surface area contributed by atoms with Crippen molar-refractivity contribution in [2.24, 2.45) is 5.73 Å². The Bertz CT molecular complexity index is 347. The molecule has 0 fully saturated rings. The van der Waals surface area contributed by atoms with Crippen molar-refractivity contribution in [1.29, 1.82) is 0 Å². The number of carbonyl (C=O) groups is 2. The molecule has 1 aromatic carbocycles. The lowest BCUT2D eigenvalue weighted by atomic mass is 10.1. The Kier molecular flexibility index (Phi) is 4.00. The van der Waals surface area contributed by atoms with Crippen molar-refractivity contribution in [3.8, 4) is 0 Å². The highest BCUT2D eigenvalue weighted by Gasteiger charge is 2.11. The van der Waals surface area contributed by atoms with Crippen LogP contribution in [-0.2, 0) is 16.0 Å². The van der Waals surface area contributed by atoms with Gasteiger partial charge in [-0.05, 0) is 12.5 Å². The number of rotatable bonds is 3. The molecule has 0 heterocycles. The van der Waals surface area contributed by atoms with Crippen molar-refractivity contribution < 1.29 is 9.59 Å². The maximum atomic E-state index is 11.3. The van der Waals surface area contributed by atoms with Crippen LogP contribution in [0.25, 0.3) is 0 Å². The number of hydrogen-bond donors (Lipinski definition) is 2. The fraction of sp³-hybridized carbons (Fsp3) is 0.273. The van der Waals surface area contributed by atoms with E-state index in [0.29, 0.717) is 0 Å². The number of nitrogens with one attached hydrogen (secondary N) is 1. The zero-order chi connectivity index (χ0) is 11.3. The van der Waals surface area contributed by atoms with Gasteiger partial charge in [-0.2, -0.15) is 0 Å². The summed E-state index contributed by atoms with van der Waals surface area (Å²) in [5.74, 6) is -0.778. The van der Waals surface area contributed by atoms with E-state index in [1.807, 2.05) is 30.3 Å². The van der Waals surface area contributed by atoms with Crippen LogP contribution >= 0.6 is 0 Å². The SMILES string of the molecule is CC(N)C(=O)NC(=O)Cc1ccccc1. The van der Waals surface area contributed by atoms with Gasteiger partial charge in [-0.15, -0.1) is 0 Å². The van der Waals surface area contributed by atoms with Crippen LogP contribution in [0.5, 0.6) is 0 Å². The molecule has 0 saturated heterocycles. The molecule has 1 atom stereocenters. The molecule has 0 aliphatic heterocycles. The van der Waals surface area contributed by atoms with E-state index in [1.165, 1.54) is 6.92 Å². The van der Waals surface area contributed by atoms with Crippen LogP contribution in [0.15, 0.2) is 30.3 Å². The average Bonchev–Trinajstić information content (AvgIpc) is 2.18. The second-order valence-corrected chi connectivity index (χ2v) is 3.36. The van der Waals surface area contributed by atoms with Gasteiger partial charge >= 0.3 is 0 Å². The molecule has 0 bridgehead atoms. The molecule has 0 aliphatic carbocycles. The van der Waals surface area contributed by atoms with Crippen LogP contribution in [0.2, 0.25) is 0 Å². The van der Waals surface area contributed by atoms with E-state index >= 15 is 0 Å². The summed E-state index contributed by atoms with van der Waals surface area (Å²) >= 11 is 0. The minimum Gasteiger partial charge on any atom is -0.320 e. The van der Waals surface area contributed by atoms with Gasteiger partial charge in [0.2, 0.25) is 11.8 Å². The molecule has 15 heavy (non-hydrogen) atoms. The Morgan fingerprint density at radius 3 is 2.47 bits per heavy atom. The summed E-state index contributed by atoms with van der Waals surface area (Å²) in [6.45, 7) is 1.53. The zero-order valence-electron chi connectivity index (χ0n) is 8.57. The third-order valence-electron chi connectivity index (χ3n) is 1.88. The van der Waals surface area contributed by atoms with Gasteiger partial charge < -0.3 is 5.73 Å². The Hall–Kier alpha value is -1.68. The fourth-order valence-corrected chi connectivity index (χ4v) is 1.08. The molecule has 0 aromatic heterocycles. The smallest absolute Gasteiger partial charge is 0.243 e. The molecule has 4 heteroatoms. The molecule has 3 N–H and O–H groups in total. The molecule has 0 saturated carbocycles. The minimum atomic E-state index is -0.662. The van der Waals surface area contributed by atoms with Gasteiger partial charge in [-0.3, -0.25) is 14.9 Å². The van der Waals surface area contributed by atoms with Crippen molar-refractivity contribution in [2.45, 2.75) is 19.4 Å². The Morgan fingerprint density at radius 2 is 1.93 bits per heavy atom. The second kappa shape index (κ2) is 5.26. The summed E-state index contributed by atoms with van der Waals surface area (Å²) in [4.78, 5) is 22.4. The number of benzene rings is 1. The topological polar surface area (TPSA) is 72.2 Å². The van der Waals surface area contributed by atoms with E-state index in [2.05, 4.69) is 5.32 Å². The van der Waals surface area contributed by atoms with Gasteiger partial charge in [-0.1, -0.05) is 30.3 Å². The van der Waals surface area contributed by atoms with Crippen molar-refractivity contribution in [3.05, 3.63) is 35.9 Å². The van der Waals surface area contributed by atoms with Crippen LogP contribution in [0.1, 0.15) is 12.5 Å². The maximum absolute atomic E-state index is 11.3. The monoisotopic (exact) mass is 206 g/mol. The van der Waals surface area contributed by atoms with Crippen molar-refractivity contribution in [2.75, 3.05) is 0 Å². The van der Waals surface area contributed by atoms with Gasteiger partial charge in [0, 0.05) is 0 Å². The van der Waals surface area contributed by atoms with E-state index in [-0.39, 0.29) is 12.3 Å². The van der Waals surface area contributed by atoms with Crippen LogP contribution < -0.4 is 11.1 Å². The predicted molar refractivity (Wildman–Crippen MR) is 56.9 cm³/mol. The van der Waals surface area contributed by atoms with Gasteiger partial charge in [0.25, 0.3) is 0 Å². The molecule has 0 radical (unpaired) electrons. The highest BCUT2D eigenvalue weighted by Crippen LogP contribution is 1.98. The van der Waals surface area contributed by atoms with Crippen molar-refractivity contribution >= 4 is 11.8 Å². The molecular formula is C11H14N2O2. The van der Waals surface area contributed by atoms with Crippen LogP contribution in [0.4, 0.5) is 0 Å². The molecule has 1 unspecified atom stereocenters. The van der Waals surface area contributed by atoms with Crippen LogP contribution in [0, 0.1) is 0 Å². The molecular weight excluding hydrogens is 192 g/mol. The standard InChI is InChI=1S/C11H14N2O2/c1-8(12)11(15)13-10(14)7-9-5-3-2-4-6-9/h2-6,8H,7,12H2,1H3,(H,13,14,15). The van der Waals surface area contributed by atoms with E-state index < -0.39 is 11.9 Å². The first-order chi connectivity index (χ1) is 7.09. The largest absolute Gasteiger partial charge is 0.320 e. The zero-order valence-corrected chi connectivity index (χ0v) is 8.57. The number of amides is 2. The van der Waals surface area contributed by atoms with Gasteiger partial charge in [-0.25, -0.2) is 0 Å². The van der Waals surface area contributed by atoms with Gasteiger partial charge in [0.15, 0.2) is 0 Å². The Balaban J connectivity index is 2.47. The molecule has 1 aromatic rings. The lowest BCUT2D eigenvalue weighted by Crippen LogP contribution is -2.42. The van der Waals surface area contributed by atoms with Crippen molar-refractivity contribution in [1.82, 2.24) is 5.32 Å². The summed E-state index contributed by atoms with van der Waals surface area (Å²) in [5.41, 5.74) is 6.18. The molecule has 1 rings (SSSR count). The van der Waals surface area contributed by atoms with Crippen molar-refractivity contribution in [3.63, 3.8) is 0 Å². The third kappa shape index (κ3) is 3.91. The highest BCUT2D eigenvalue weighted by molar-refractivity contribution is 5.98. The van der Waals surface area contributed by atoms with Gasteiger partial charge in [0.05, 0.1) is 12.5 Å². The molecule has 0 aliphatic rings. The summed E-state index contributed by atoms with van der Waals surface area (Å²) in [6, 6.07) is 8.55. The molecule has 0 spiro atoms. The number of nitrogens with two attached hydrogens (primary N) is 1. The summed E-state index contributed by atoms with van der Waals surface area (Å²) in [5, 5.41) is 2.22. The summed E-state index contributed by atoms with van der Waals surface area (Å²) < 4.78 is 0. The molecule has 2 amide bonds. The highest BCUT2D eigenvalue weighted by atomic mass is 16.2. The van der Waals surface area contributed by atoms with E-state index in [4.69, 9.17) is 5.73 Å². The minimum absolute atomic E-state index is 0.194. The predicted octanol–water partition coefficient (Wildman–Crippen LogP) is 0.219. The lowest BCUT2D eigenvalue weighted by Gasteiger charge is -2.06. The van der Waals surface area contributed by atoms with Crippen LogP contribution in [0.3, 0.4) is 0 Å². The molecule has 80 valence electrons. The maximum Gasteiger partial charge on any atom is 0.243 e. The summed E-state index contributed by atoms with van der Waals surface area (Å²) in [7, 11) is 0. The lowest BCUT2D eigenvalue weighted by molar-refractivity contribution is -0.130. The first-order valence-corrected chi connectivity index (χ1v) is 4.73. The quantitative estimate of drug-likeness (QED) is 0.743. The fourth-order valence-electron chi connectivity index (χ4n) is 1.08. The van der Waals surface area contributed by atoms with Gasteiger partial charge in [0.1, 0.15) is 0 Å². The number of carbonyl (C=O) groups excluding carboxylic acids is 2. The first-order valence-electron chi connectivity index (χ1n) is 4.73. The summed E-state index contributed by atoms with van der Waals surface area (Å²) in [6.07, 6.45) is 0.194. The van der Waals surface area contributed by atoms with E-state index in [9.17, 15) is 9.59 Å². The Labute approximate surface area is 88.5 Å². The second-order valence-electron chi connectivity index (χ2n) is 3.36. The normalized spacial score (nSPS) is 11.9. The van der Waals surface area contributed by atoms with E-state index in [1.54, 1.807) is 0 Å². The number of imide groups is 1. The van der Waals surface area contributed by atoms with E-state index in [0.717, 1.165) is 5.56 Å². The van der Waals surface area contributed by atoms with Crippen LogP contribution in [-0.4, -0.2) is 17.9 Å². The first kappa shape index (κ1) is 11.4. The third-order valence-corrected chi connectivity index (χ3v) is 1.88. The number of hydrogen-bond acceptors (Lipinski definition) is 3. The average molecular weight is 206 g/mol. The molecule has 4 nitrogen and oxygen atoms in total.